The molecule has 6 rings (SSSR count). The van der Waals surface area contributed by atoms with Crippen LogP contribution in [0.4, 0.5) is 0 Å². The number of hydrogen-bond donors (Lipinski definition) is 0. The molecule has 7 heteroatoms. The fraction of sp³-hybridized carbons (Fsp3) is 0.172. The largest absolute Gasteiger partial charge is 0.467 e. The van der Waals surface area contributed by atoms with Gasteiger partial charge in [-0.2, -0.15) is 0 Å². The number of methoxy groups -OCH3 is 2. The highest BCUT2D eigenvalue weighted by molar-refractivity contribution is 9.10. The van der Waals surface area contributed by atoms with E-state index in [9.17, 15) is 0 Å². The Morgan fingerprint density at radius 3 is 1.53 bits per heavy atom. The van der Waals surface area contributed by atoms with Crippen LogP contribution >= 0.6 is 31.9 Å². The second kappa shape index (κ2) is 9.23. The Morgan fingerprint density at radius 1 is 0.611 bits per heavy atom. The van der Waals surface area contributed by atoms with Gasteiger partial charge in [0.05, 0.1) is 5.41 Å². The van der Waals surface area contributed by atoms with Gasteiger partial charge in [0.2, 0.25) is 0 Å². The number of ether oxygens (including phenoxy) is 5. The van der Waals surface area contributed by atoms with Gasteiger partial charge in [0.25, 0.3) is 0 Å². The number of fused-ring (bicyclic) bond motifs is 9. The van der Waals surface area contributed by atoms with E-state index in [1.54, 1.807) is 14.2 Å². The molecule has 0 unspecified atom stereocenters. The van der Waals surface area contributed by atoms with Crippen molar-refractivity contribution in [3.8, 4) is 34.1 Å². The SMILES string of the molecule is COCOc1ccc2c(c1)Oc1cc(OCOC)ccc1C21c2cc(Br)ccc2-c2ccc(Br)cc21. The van der Waals surface area contributed by atoms with E-state index in [1.165, 1.54) is 22.3 Å². The van der Waals surface area contributed by atoms with Crippen molar-refractivity contribution in [3.05, 3.63) is 104 Å². The monoisotopic (exact) mass is 608 g/mol. The summed E-state index contributed by atoms with van der Waals surface area (Å²) in [5.41, 5.74) is 6.25. The Bertz CT molecular complexity index is 1370. The molecule has 0 atom stereocenters. The van der Waals surface area contributed by atoms with Gasteiger partial charge in [-0.3, -0.25) is 0 Å². The van der Waals surface area contributed by atoms with Crippen LogP contribution in [0.1, 0.15) is 22.3 Å². The van der Waals surface area contributed by atoms with Gasteiger partial charge in [-0.1, -0.05) is 56.1 Å². The minimum atomic E-state index is -0.597. The quantitative estimate of drug-likeness (QED) is 0.182. The smallest absolute Gasteiger partial charge is 0.188 e. The molecule has 182 valence electrons. The van der Waals surface area contributed by atoms with Crippen molar-refractivity contribution in [1.82, 2.24) is 0 Å². The van der Waals surface area contributed by atoms with Crippen LogP contribution in [0.15, 0.2) is 81.7 Å². The summed E-state index contributed by atoms with van der Waals surface area (Å²) in [6, 6.07) is 25.0. The summed E-state index contributed by atoms with van der Waals surface area (Å²) in [6.45, 7) is 0.308. The minimum absolute atomic E-state index is 0.154. The summed E-state index contributed by atoms with van der Waals surface area (Å²) in [4.78, 5) is 0. The Labute approximate surface area is 226 Å². The van der Waals surface area contributed by atoms with Gasteiger partial charge in [0, 0.05) is 46.4 Å². The maximum Gasteiger partial charge on any atom is 0.188 e. The molecule has 0 saturated carbocycles. The summed E-state index contributed by atoms with van der Waals surface area (Å²) < 4.78 is 30.3. The maximum absolute atomic E-state index is 6.53. The number of halogens is 2. The van der Waals surface area contributed by atoms with Crippen molar-refractivity contribution in [3.63, 3.8) is 0 Å². The molecule has 0 amide bonds. The third kappa shape index (κ3) is 3.57. The lowest BCUT2D eigenvalue weighted by Gasteiger charge is -2.39. The van der Waals surface area contributed by atoms with Crippen LogP contribution in [0.25, 0.3) is 11.1 Å². The van der Waals surface area contributed by atoms with E-state index < -0.39 is 5.41 Å². The zero-order valence-corrected chi connectivity index (χ0v) is 22.8. The Morgan fingerprint density at radius 2 is 1.08 bits per heavy atom. The van der Waals surface area contributed by atoms with Crippen molar-refractivity contribution in [1.29, 1.82) is 0 Å². The van der Waals surface area contributed by atoms with Gasteiger partial charge in [0.1, 0.15) is 23.0 Å². The lowest BCUT2D eigenvalue weighted by atomic mass is 9.66. The second-order valence-electron chi connectivity index (χ2n) is 8.65. The molecule has 4 aromatic rings. The Hall–Kier alpha value is -2.84. The van der Waals surface area contributed by atoms with Crippen LogP contribution in [0.3, 0.4) is 0 Å². The fourth-order valence-corrected chi connectivity index (χ4v) is 6.06. The molecule has 0 fully saturated rings. The molecule has 0 aromatic heterocycles. The number of benzene rings is 4. The van der Waals surface area contributed by atoms with Gasteiger partial charge in [-0.25, -0.2) is 0 Å². The van der Waals surface area contributed by atoms with E-state index in [-0.39, 0.29) is 13.6 Å². The molecule has 0 radical (unpaired) electrons. The Balaban J connectivity index is 1.68. The first-order chi connectivity index (χ1) is 17.6. The average molecular weight is 610 g/mol. The van der Waals surface area contributed by atoms with Crippen LogP contribution in [0.2, 0.25) is 0 Å². The first-order valence-electron chi connectivity index (χ1n) is 11.4. The van der Waals surface area contributed by atoms with E-state index in [2.05, 4.69) is 80.4 Å². The lowest BCUT2D eigenvalue weighted by Crippen LogP contribution is -2.32. The maximum atomic E-state index is 6.53. The van der Waals surface area contributed by atoms with E-state index in [4.69, 9.17) is 23.7 Å². The zero-order chi connectivity index (χ0) is 24.9. The molecular weight excluding hydrogens is 588 g/mol. The van der Waals surface area contributed by atoms with Crippen LogP contribution in [0.5, 0.6) is 23.0 Å². The van der Waals surface area contributed by atoms with Crippen molar-refractivity contribution >= 4 is 31.9 Å². The molecule has 1 heterocycles. The lowest BCUT2D eigenvalue weighted by molar-refractivity contribution is 0.0509. The molecule has 1 spiro atoms. The van der Waals surface area contributed by atoms with E-state index in [0.717, 1.165) is 31.6 Å². The van der Waals surface area contributed by atoms with Crippen molar-refractivity contribution in [2.45, 2.75) is 5.41 Å². The Kier molecular flexibility index (Phi) is 6.04. The summed E-state index contributed by atoms with van der Waals surface area (Å²) in [5, 5.41) is 0. The molecule has 1 aliphatic heterocycles. The predicted octanol–water partition coefficient (Wildman–Crippen LogP) is 7.65. The van der Waals surface area contributed by atoms with Crippen LogP contribution in [-0.4, -0.2) is 27.8 Å². The molecule has 1 aliphatic carbocycles. The van der Waals surface area contributed by atoms with E-state index >= 15 is 0 Å². The van der Waals surface area contributed by atoms with Gasteiger partial charge in [0.15, 0.2) is 13.6 Å². The molecule has 2 aliphatic rings. The molecule has 0 saturated heterocycles. The standard InChI is InChI=1S/C29H22Br2O5/c1-32-15-34-19-5-9-23-27(13-19)36-28-14-20(35-16-33-2)6-10-24(28)29(23)25-11-17(30)3-7-21(25)22-8-4-18(31)12-26(22)29/h3-14H,15-16H2,1-2H3. The van der Waals surface area contributed by atoms with E-state index in [0.29, 0.717) is 11.5 Å². The summed E-state index contributed by atoms with van der Waals surface area (Å²) in [7, 11) is 3.20. The van der Waals surface area contributed by atoms with Crippen molar-refractivity contribution < 1.29 is 23.7 Å². The predicted molar refractivity (Wildman–Crippen MR) is 144 cm³/mol. The second-order valence-corrected chi connectivity index (χ2v) is 10.5. The van der Waals surface area contributed by atoms with E-state index in [1.807, 2.05) is 24.3 Å². The highest BCUT2D eigenvalue weighted by Gasteiger charge is 2.51. The topological polar surface area (TPSA) is 46.2 Å². The normalized spacial score (nSPS) is 13.9. The average Bonchev–Trinajstić information content (AvgIpc) is 3.15. The first kappa shape index (κ1) is 23.6. The van der Waals surface area contributed by atoms with Crippen LogP contribution in [0, 0.1) is 0 Å². The molecule has 0 N–H and O–H groups in total. The summed E-state index contributed by atoms with van der Waals surface area (Å²) in [6.07, 6.45) is 0. The first-order valence-corrected chi connectivity index (χ1v) is 13.0. The highest BCUT2D eigenvalue weighted by Crippen LogP contribution is 2.63. The van der Waals surface area contributed by atoms with Gasteiger partial charge in [-0.15, -0.1) is 0 Å². The molecule has 4 aromatic carbocycles. The molecule has 0 bridgehead atoms. The fourth-order valence-electron chi connectivity index (χ4n) is 5.34. The summed E-state index contributed by atoms with van der Waals surface area (Å²) in [5.74, 6) is 2.78. The third-order valence-electron chi connectivity index (χ3n) is 6.68. The number of hydrogen-bond acceptors (Lipinski definition) is 5. The van der Waals surface area contributed by atoms with Crippen molar-refractivity contribution in [2.75, 3.05) is 27.8 Å². The molecule has 36 heavy (non-hydrogen) atoms. The van der Waals surface area contributed by atoms with Crippen LogP contribution in [-0.2, 0) is 14.9 Å². The molecular formula is C29H22Br2O5. The van der Waals surface area contributed by atoms with Gasteiger partial charge >= 0.3 is 0 Å². The number of rotatable bonds is 6. The van der Waals surface area contributed by atoms with Gasteiger partial charge in [-0.05, 0) is 58.7 Å². The zero-order valence-electron chi connectivity index (χ0n) is 19.6. The highest BCUT2D eigenvalue weighted by atomic mass is 79.9. The summed E-state index contributed by atoms with van der Waals surface area (Å²) >= 11 is 7.45. The van der Waals surface area contributed by atoms with Gasteiger partial charge < -0.3 is 23.7 Å². The van der Waals surface area contributed by atoms with Crippen LogP contribution < -0.4 is 14.2 Å². The third-order valence-corrected chi connectivity index (χ3v) is 7.67. The van der Waals surface area contributed by atoms with Crippen molar-refractivity contribution in [2.24, 2.45) is 0 Å². The molecule has 5 nitrogen and oxygen atoms in total. The minimum Gasteiger partial charge on any atom is -0.467 e.